The smallest absolute Gasteiger partial charge is 0.224 e. The molecule has 2 aromatic heterocycles. The second-order valence-corrected chi connectivity index (χ2v) is 4.74. The molecule has 96 valence electrons. The van der Waals surface area contributed by atoms with Gasteiger partial charge in [-0.2, -0.15) is 0 Å². The van der Waals surface area contributed by atoms with Gasteiger partial charge in [-0.15, -0.1) is 0 Å². The summed E-state index contributed by atoms with van der Waals surface area (Å²) in [6.07, 6.45) is 0. The Hall–Kier alpha value is -1.55. The molecule has 1 N–H and O–H groups in total. The average Bonchev–Trinajstić information content (AvgIpc) is 2.56. The fourth-order valence-electron chi connectivity index (χ4n) is 1.99. The van der Waals surface area contributed by atoms with Crippen molar-refractivity contribution in [1.29, 1.82) is 0 Å². The van der Waals surface area contributed by atoms with E-state index < -0.39 is 0 Å². The Kier molecular flexibility index (Phi) is 3.57. The highest BCUT2D eigenvalue weighted by atomic mass is 35.5. The van der Waals surface area contributed by atoms with Crippen molar-refractivity contribution in [2.45, 2.75) is 33.7 Å². The highest BCUT2D eigenvalue weighted by Crippen LogP contribution is 2.24. The van der Waals surface area contributed by atoms with E-state index in [2.05, 4.69) is 22.2 Å². The summed E-state index contributed by atoms with van der Waals surface area (Å²) in [6.45, 7) is 7.84. The number of rotatable bonds is 3. The Bertz CT molecular complexity index is 545. The van der Waals surface area contributed by atoms with E-state index in [9.17, 15) is 0 Å². The third-order valence-corrected chi connectivity index (χ3v) is 2.91. The van der Waals surface area contributed by atoms with Crippen LogP contribution in [0.5, 0.6) is 0 Å². The van der Waals surface area contributed by atoms with Crippen LogP contribution in [0.15, 0.2) is 16.5 Å². The van der Waals surface area contributed by atoms with Crippen molar-refractivity contribution in [3.8, 4) is 0 Å². The maximum Gasteiger partial charge on any atom is 0.224 e. The molecule has 0 fully saturated rings. The van der Waals surface area contributed by atoms with Gasteiger partial charge in [-0.25, -0.2) is 9.97 Å². The third kappa shape index (κ3) is 2.82. The maximum atomic E-state index is 5.83. The van der Waals surface area contributed by atoms with Gasteiger partial charge in [0.25, 0.3) is 0 Å². The van der Waals surface area contributed by atoms with E-state index in [1.807, 2.05) is 32.9 Å². The average molecular weight is 266 g/mol. The molecule has 2 aromatic rings. The first-order chi connectivity index (χ1) is 8.45. The zero-order chi connectivity index (χ0) is 13.3. The molecule has 0 saturated carbocycles. The molecule has 0 saturated heterocycles. The van der Waals surface area contributed by atoms with E-state index in [-0.39, 0.29) is 11.3 Å². The summed E-state index contributed by atoms with van der Waals surface area (Å²) < 4.78 is 5.52. The first-order valence-electron chi connectivity index (χ1n) is 5.80. The van der Waals surface area contributed by atoms with Gasteiger partial charge in [0.15, 0.2) is 0 Å². The number of aromatic nitrogens is 2. The van der Waals surface area contributed by atoms with Crippen LogP contribution in [-0.2, 0) is 0 Å². The minimum absolute atomic E-state index is 0.104. The van der Waals surface area contributed by atoms with E-state index in [0.29, 0.717) is 0 Å². The monoisotopic (exact) mass is 265 g/mol. The highest BCUT2D eigenvalue weighted by molar-refractivity contribution is 6.28. The van der Waals surface area contributed by atoms with Crippen LogP contribution in [0.2, 0.25) is 5.28 Å². The Balaban J connectivity index is 2.20. The predicted octanol–water partition coefficient (Wildman–Crippen LogP) is 3.82. The van der Waals surface area contributed by atoms with Gasteiger partial charge >= 0.3 is 0 Å². The largest absolute Gasteiger partial charge is 0.466 e. The number of anilines is 1. The number of nitrogens with one attached hydrogen (secondary N) is 1. The van der Waals surface area contributed by atoms with Crippen LogP contribution in [0.3, 0.4) is 0 Å². The molecule has 0 aliphatic carbocycles. The van der Waals surface area contributed by atoms with Gasteiger partial charge in [-0.1, -0.05) is 0 Å². The molecule has 0 amide bonds. The SMILES string of the molecule is Cc1cc(NC(C)c2cc(C)oc2C)nc(Cl)n1. The highest BCUT2D eigenvalue weighted by Gasteiger charge is 2.13. The van der Waals surface area contributed by atoms with Crippen molar-refractivity contribution >= 4 is 17.4 Å². The van der Waals surface area contributed by atoms with Gasteiger partial charge in [-0.3, -0.25) is 0 Å². The van der Waals surface area contributed by atoms with E-state index >= 15 is 0 Å². The molecule has 0 bridgehead atoms. The Morgan fingerprint density at radius 3 is 2.50 bits per heavy atom. The Morgan fingerprint density at radius 1 is 1.22 bits per heavy atom. The van der Waals surface area contributed by atoms with Gasteiger partial charge in [-0.05, 0) is 45.4 Å². The minimum Gasteiger partial charge on any atom is -0.466 e. The van der Waals surface area contributed by atoms with Crippen molar-refractivity contribution < 1.29 is 4.42 Å². The van der Waals surface area contributed by atoms with Crippen LogP contribution in [0.25, 0.3) is 0 Å². The summed E-state index contributed by atoms with van der Waals surface area (Å²) in [4.78, 5) is 8.18. The predicted molar refractivity (Wildman–Crippen MR) is 72.0 cm³/mol. The van der Waals surface area contributed by atoms with Crippen molar-refractivity contribution in [1.82, 2.24) is 9.97 Å². The standard InChI is InChI=1S/C13H16ClN3O/c1-7-5-12(17-13(14)15-7)16-9(3)11-6-8(2)18-10(11)4/h5-6,9H,1-4H3,(H,15,16,17). The van der Waals surface area contributed by atoms with Gasteiger partial charge < -0.3 is 9.73 Å². The van der Waals surface area contributed by atoms with Crippen LogP contribution in [0.1, 0.15) is 35.7 Å². The van der Waals surface area contributed by atoms with Crippen LogP contribution in [-0.4, -0.2) is 9.97 Å². The first kappa shape index (κ1) is 12.9. The summed E-state index contributed by atoms with van der Waals surface area (Å²) in [5.41, 5.74) is 1.96. The Morgan fingerprint density at radius 2 is 1.94 bits per heavy atom. The zero-order valence-electron chi connectivity index (χ0n) is 10.9. The van der Waals surface area contributed by atoms with E-state index in [1.54, 1.807) is 0 Å². The van der Waals surface area contributed by atoms with Crippen molar-refractivity contribution in [3.63, 3.8) is 0 Å². The van der Waals surface area contributed by atoms with E-state index in [4.69, 9.17) is 16.0 Å². The van der Waals surface area contributed by atoms with Gasteiger partial charge in [0.05, 0.1) is 6.04 Å². The maximum absolute atomic E-state index is 5.83. The molecule has 4 nitrogen and oxygen atoms in total. The molecule has 0 aromatic carbocycles. The summed E-state index contributed by atoms with van der Waals surface area (Å²) in [7, 11) is 0. The second-order valence-electron chi connectivity index (χ2n) is 4.40. The number of halogens is 1. The fourth-order valence-corrected chi connectivity index (χ4v) is 2.21. The molecule has 0 aliphatic rings. The molecule has 5 heteroatoms. The van der Waals surface area contributed by atoms with Gasteiger partial charge in [0, 0.05) is 17.3 Å². The number of aryl methyl sites for hydroxylation is 3. The van der Waals surface area contributed by atoms with Crippen LogP contribution < -0.4 is 5.32 Å². The number of hydrogen-bond donors (Lipinski definition) is 1. The number of nitrogens with zero attached hydrogens (tertiary/aromatic N) is 2. The second kappa shape index (κ2) is 4.98. The fraction of sp³-hybridized carbons (Fsp3) is 0.385. The molecule has 0 spiro atoms. The van der Waals surface area contributed by atoms with Crippen molar-refractivity contribution in [3.05, 3.63) is 40.2 Å². The summed E-state index contributed by atoms with van der Waals surface area (Å²) >= 11 is 5.83. The normalized spacial score (nSPS) is 12.5. The zero-order valence-corrected chi connectivity index (χ0v) is 11.7. The lowest BCUT2D eigenvalue weighted by Crippen LogP contribution is -2.09. The van der Waals surface area contributed by atoms with Gasteiger partial charge in [0.2, 0.25) is 5.28 Å². The molecule has 0 aliphatic heterocycles. The molecule has 0 radical (unpaired) electrons. The van der Waals surface area contributed by atoms with Gasteiger partial charge in [0.1, 0.15) is 17.3 Å². The minimum atomic E-state index is 0.104. The molecule has 1 atom stereocenters. The lowest BCUT2D eigenvalue weighted by Gasteiger charge is -2.14. The van der Waals surface area contributed by atoms with Crippen LogP contribution >= 0.6 is 11.6 Å². The van der Waals surface area contributed by atoms with Crippen LogP contribution in [0, 0.1) is 20.8 Å². The Labute approximate surface area is 111 Å². The summed E-state index contributed by atoms with van der Waals surface area (Å²) in [6, 6.07) is 4.00. The van der Waals surface area contributed by atoms with Crippen molar-refractivity contribution in [2.24, 2.45) is 0 Å². The first-order valence-corrected chi connectivity index (χ1v) is 6.18. The van der Waals surface area contributed by atoms with E-state index in [0.717, 1.165) is 28.6 Å². The third-order valence-electron chi connectivity index (χ3n) is 2.74. The molecule has 2 heterocycles. The lowest BCUT2D eigenvalue weighted by atomic mass is 10.1. The molecule has 2 rings (SSSR count). The molecule has 18 heavy (non-hydrogen) atoms. The topological polar surface area (TPSA) is 51.0 Å². The molecular formula is C13H16ClN3O. The van der Waals surface area contributed by atoms with Crippen LogP contribution in [0.4, 0.5) is 5.82 Å². The van der Waals surface area contributed by atoms with E-state index in [1.165, 1.54) is 0 Å². The summed E-state index contributed by atoms with van der Waals surface area (Å²) in [5, 5.41) is 3.55. The molecule has 1 unspecified atom stereocenters. The quantitative estimate of drug-likeness (QED) is 0.857. The summed E-state index contributed by atoms with van der Waals surface area (Å²) in [5.74, 6) is 2.55. The number of furan rings is 1. The molecular weight excluding hydrogens is 250 g/mol. The number of hydrogen-bond acceptors (Lipinski definition) is 4. The lowest BCUT2D eigenvalue weighted by molar-refractivity contribution is 0.500. The van der Waals surface area contributed by atoms with Crippen molar-refractivity contribution in [2.75, 3.05) is 5.32 Å².